The van der Waals surface area contributed by atoms with Crippen LogP contribution in [0.25, 0.3) is 0 Å². The summed E-state index contributed by atoms with van der Waals surface area (Å²) in [4.78, 5) is 11.2. The predicted octanol–water partition coefficient (Wildman–Crippen LogP) is 2.19. The van der Waals surface area contributed by atoms with Gasteiger partial charge < -0.3 is 10.4 Å². The maximum atomic E-state index is 12.8. The van der Waals surface area contributed by atoms with Crippen LogP contribution in [0.3, 0.4) is 0 Å². The third-order valence-corrected chi connectivity index (χ3v) is 2.05. The summed E-state index contributed by atoms with van der Waals surface area (Å²) in [5.41, 5.74) is 0.448. The Labute approximate surface area is 91.9 Å². The molecule has 0 saturated heterocycles. The molecule has 0 heterocycles. The zero-order valence-electron chi connectivity index (χ0n) is 7.96. The topological polar surface area (TPSA) is 49.3 Å². The van der Waals surface area contributed by atoms with Gasteiger partial charge in [-0.15, -0.1) is 0 Å². The van der Waals surface area contributed by atoms with Gasteiger partial charge in [-0.05, 0) is 24.6 Å². The fourth-order valence-electron chi connectivity index (χ4n) is 1.04. The van der Waals surface area contributed by atoms with Crippen molar-refractivity contribution in [2.75, 3.05) is 11.9 Å². The normalized spacial score (nSPS) is 10.1. The molecule has 0 aliphatic heterocycles. The van der Waals surface area contributed by atoms with Gasteiger partial charge in [0.25, 0.3) is 0 Å². The van der Waals surface area contributed by atoms with E-state index >= 15 is 0 Å². The van der Waals surface area contributed by atoms with Gasteiger partial charge in [-0.1, -0.05) is 11.6 Å². The maximum Gasteiger partial charge on any atom is 0.224 e. The predicted molar refractivity (Wildman–Crippen MR) is 56.4 cm³/mol. The van der Waals surface area contributed by atoms with Crippen molar-refractivity contribution in [3.05, 3.63) is 29.0 Å². The number of hydrogen-bond acceptors (Lipinski definition) is 2. The number of carbonyl (C=O) groups excluding carboxylic acids is 1. The molecule has 0 bridgehead atoms. The minimum Gasteiger partial charge on any atom is -0.396 e. The summed E-state index contributed by atoms with van der Waals surface area (Å²) < 4.78 is 12.8. The first-order valence-corrected chi connectivity index (χ1v) is 4.87. The van der Waals surface area contributed by atoms with Gasteiger partial charge in [0.15, 0.2) is 0 Å². The molecule has 0 saturated carbocycles. The number of rotatable bonds is 4. The first-order chi connectivity index (χ1) is 7.13. The Kier molecular flexibility index (Phi) is 4.52. The van der Waals surface area contributed by atoms with E-state index in [0.29, 0.717) is 12.1 Å². The number of aliphatic hydroxyl groups excluding tert-OH is 1. The summed E-state index contributed by atoms with van der Waals surface area (Å²) in [6, 6.07) is 3.95. The summed E-state index contributed by atoms with van der Waals surface area (Å²) in [5, 5.41) is 11.0. The van der Waals surface area contributed by atoms with Gasteiger partial charge in [-0.2, -0.15) is 0 Å². The third-order valence-electron chi connectivity index (χ3n) is 1.77. The standard InChI is InChI=1S/C10H11ClFNO2/c11-8-6-7(3-4-9(8)12)13-10(15)2-1-5-14/h3-4,6,14H,1-2,5H2,(H,13,15). The summed E-state index contributed by atoms with van der Waals surface area (Å²) in [6.45, 7) is -0.0302. The van der Waals surface area contributed by atoms with Crippen LogP contribution >= 0.6 is 11.6 Å². The quantitative estimate of drug-likeness (QED) is 0.835. The monoisotopic (exact) mass is 231 g/mol. The van der Waals surface area contributed by atoms with Gasteiger partial charge in [-0.25, -0.2) is 4.39 Å². The molecule has 0 fully saturated rings. The van der Waals surface area contributed by atoms with Gasteiger partial charge in [0.05, 0.1) is 5.02 Å². The van der Waals surface area contributed by atoms with E-state index in [1.807, 2.05) is 0 Å². The van der Waals surface area contributed by atoms with Crippen LogP contribution in [0.2, 0.25) is 5.02 Å². The molecule has 0 aliphatic carbocycles. The van der Waals surface area contributed by atoms with Crippen molar-refractivity contribution in [3.63, 3.8) is 0 Å². The fraction of sp³-hybridized carbons (Fsp3) is 0.300. The molecule has 1 rings (SSSR count). The maximum absolute atomic E-state index is 12.8. The molecular formula is C10H11ClFNO2. The lowest BCUT2D eigenvalue weighted by molar-refractivity contribution is -0.116. The minimum absolute atomic E-state index is 0.0302. The highest BCUT2D eigenvalue weighted by Crippen LogP contribution is 2.19. The van der Waals surface area contributed by atoms with Crippen molar-refractivity contribution in [2.24, 2.45) is 0 Å². The van der Waals surface area contributed by atoms with E-state index in [4.69, 9.17) is 16.7 Å². The molecule has 15 heavy (non-hydrogen) atoms. The largest absolute Gasteiger partial charge is 0.396 e. The Balaban J connectivity index is 2.57. The lowest BCUT2D eigenvalue weighted by Gasteiger charge is -2.05. The second-order valence-corrected chi connectivity index (χ2v) is 3.41. The average molecular weight is 232 g/mol. The second kappa shape index (κ2) is 5.68. The number of carbonyl (C=O) groups is 1. The van der Waals surface area contributed by atoms with Crippen molar-refractivity contribution >= 4 is 23.2 Å². The van der Waals surface area contributed by atoms with Crippen LogP contribution in [0.4, 0.5) is 10.1 Å². The fourth-order valence-corrected chi connectivity index (χ4v) is 1.22. The van der Waals surface area contributed by atoms with Crippen molar-refractivity contribution in [1.82, 2.24) is 0 Å². The molecule has 1 aromatic carbocycles. The summed E-state index contributed by atoms with van der Waals surface area (Å²) in [7, 11) is 0. The van der Waals surface area contributed by atoms with Gasteiger partial charge in [-0.3, -0.25) is 4.79 Å². The van der Waals surface area contributed by atoms with Crippen LogP contribution in [-0.2, 0) is 4.79 Å². The van der Waals surface area contributed by atoms with Crippen LogP contribution in [0.1, 0.15) is 12.8 Å². The molecule has 0 aliphatic rings. The lowest BCUT2D eigenvalue weighted by Crippen LogP contribution is -2.11. The number of benzene rings is 1. The average Bonchev–Trinajstić information content (AvgIpc) is 2.20. The van der Waals surface area contributed by atoms with Crippen LogP contribution in [0, 0.1) is 5.82 Å². The molecule has 0 atom stereocenters. The third kappa shape index (κ3) is 3.85. The Hall–Kier alpha value is -1.13. The zero-order valence-corrected chi connectivity index (χ0v) is 8.72. The summed E-state index contributed by atoms with van der Waals surface area (Å²) in [5.74, 6) is -0.753. The van der Waals surface area contributed by atoms with E-state index < -0.39 is 5.82 Å². The molecule has 1 amide bonds. The molecule has 1 aromatic rings. The van der Waals surface area contributed by atoms with E-state index in [-0.39, 0.29) is 24.0 Å². The number of aliphatic hydroxyl groups is 1. The van der Waals surface area contributed by atoms with Crippen molar-refractivity contribution in [1.29, 1.82) is 0 Å². The zero-order chi connectivity index (χ0) is 11.3. The Morgan fingerprint density at radius 1 is 1.53 bits per heavy atom. The minimum atomic E-state index is -0.523. The molecule has 3 nitrogen and oxygen atoms in total. The van der Waals surface area contributed by atoms with Crippen molar-refractivity contribution in [3.8, 4) is 0 Å². The van der Waals surface area contributed by atoms with Crippen molar-refractivity contribution < 1.29 is 14.3 Å². The number of hydrogen-bond donors (Lipinski definition) is 2. The highest BCUT2D eigenvalue weighted by molar-refractivity contribution is 6.31. The number of halogens is 2. The van der Waals surface area contributed by atoms with Gasteiger partial charge in [0.2, 0.25) is 5.91 Å². The molecule has 5 heteroatoms. The van der Waals surface area contributed by atoms with Crippen molar-refractivity contribution in [2.45, 2.75) is 12.8 Å². The highest BCUT2D eigenvalue weighted by atomic mass is 35.5. The van der Waals surface area contributed by atoms with Crippen LogP contribution in [-0.4, -0.2) is 17.6 Å². The van der Waals surface area contributed by atoms with Gasteiger partial charge >= 0.3 is 0 Å². The number of amides is 1. The van der Waals surface area contributed by atoms with E-state index in [2.05, 4.69) is 5.32 Å². The van der Waals surface area contributed by atoms with E-state index in [0.717, 1.165) is 0 Å². The smallest absolute Gasteiger partial charge is 0.224 e. The molecule has 2 N–H and O–H groups in total. The Morgan fingerprint density at radius 2 is 2.27 bits per heavy atom. The van der Waals surface area contributed by atoms with Gasteiger partial charge in [0.1, 0.15) is 5.82 Å². The SMILES string of the molecule is O=C(CCCO)Nc1ccc(F)c(Cl)c1. The second-order valence-electron chi connectivity index (χ2n) is 3.00. The number of nitrogens with one attached hydrogen (secondary N) is 1. The Bertz CT molecular complexity index is 357. The first kappa shape index (κ1) is 11.9. The molecule has 82 valence electrons. The summed E-state index contributed by atoms with van der Waals surface area (Å²) >= 11 is 5.54. The molecule has 0 unspecified atom stereocenters. The number of anilines is 1. The molecule has 0 spiro atoms. The van der Waals surface area contributed by atoms with Crippen LogP contribution in [0.15, 0.2) is 18.2 Å². The molecule has 0 radical (unpaired) electrons. The van der Waals surface area contributed by atoms with Crippen LogP contribution in [0.5, 0.6) is 0 Å². The van der Waals surface area contributed by atoms with Crippen LogP contribution < -0.4 is 5.32 Å². The van der Waals surface area contributed by atoms with E-state index in [1.54, 1.807) is 0 Å². The molecular weight excluding hydrogens is 221 g/mol. The molecule has 0 aromatic heterocycles. The lowest BCUT2D eigenvalue weighted by atomic mass is 10.2. The highest BCUT2D eigenvalue weighted by Gasteiger charge is 2.04. The van der Waals surface area contributed by atoms with E-state index in [1.165, 1.54) is 18.2 Å². The van der Waals surface area contributed by atoms with E-state index in [9.17, 15) is 9.18 Å². The first-order valence-electron chi connectivity index (χ1n) is 4.49. The Morgan fingerprint density at radius 3 is 2.87 bits per heavy atom. The summed E-state index contributed by atoms with van der Waals surface area (Å²) in [6.07, 6.45) is 0.631. The van der Waals surface area contributed by atoms with Gasteiger partial charge in [0, 0.05) is 18.7 Å².